The van der Waals surface area contributed by atoms with Gasteiger partial charge in [0.05, 0.1) is 0 Å². The maximum absolute atomic E-state index is 12.2. The Bertz CT molecular complexity index is 418. The lowest BCUT2D eigenvalue weighted by atomic mass is 9.92. The van der Waals surface area contributed by atoms with Gasteiger partial charge < -0.3 is 4.90 Å². The molecule has 98 valence electrons. The minimum Gasteiger partial charge on any atom is -0.342 e. The molecule has 1 aromatic heterocycles. The fraction of sp³-hybridized carbons (Fsp3) is 0.833. The van der Waals surface area contributed by atoms with Crippen molar-refractivity contribution in [3.8, 4) is 0 Å². The third kappa shape index (κ3) is 2.23. The normalized spacial score (nSPS) is 23.1. The number of hydrogen-bond acceptors (Lipinski definition) is 4. The number of tetrazole rings is 1. The Morgan fingerprint density at radius 3 is 2.72 bits per heavy atom. The molecule has 0 unspecified atom stereocenters. The van der Waals surface area contributed by atoms with Crippen molar-refractivity contribution >= 4 is 5.91 Å². The average Bonchev–Trinajstić information content (AvgIpc) is 2.93. The number of amides is 1. The number of carbonyl (C=O) groups is 1. The predicted octanol–water partition coefficient (Wildman–Crippen LogP) is 0.781. The Balaban J connectivity index is 1.50. The van der Waals surface area contributed by atoms with Gasteiger partial charge in [0.15, 0.2) is 5.82 Å². The molecule has 0 aromatic carbocycles. The Labute approximate surface area is 106 Å². The van der Waals surface area contributed by atoms with E-state index >= 15 is 0 Å². The van der Waals surface area contributed by atoms with E-state index in [0.29, 0.717) is 11.8 Å². The number of nitrogens with zero attached hydrogens (tertiary/aromatic N) is 4. The Kier molecular flexibility index (Phi) is 2.80. The van der Waals surface area contributed by atoms with Crippen LogP contribution in [-0.2, 0) is 11.2 Å². The molecule has 0 atom stereocenters. The summed E-state index contributed by atoms with van der Waals surface area (Å²) >= 11 is 0. The van der Waals surface area contributed by atoms with Crippen LogP contribution in [0.1, 0.15) is 38.4 Å². The highest BCUT2D eigenvalue weighted by atomic mass is 16.2. The highest BCUT2D eigenvalue weighted by Gasteiger charge is 2.47. The van der Waals surface area contributed by atoms with Crippen molar-refractivity contribution in [1.29, 1.82) is 0 Å². The van der Waals surface area contributed by atoms with Crippen molar-refractivity contribution in [3.05, 3.63) is 5.82 Å². The molecule has 1 amide bonds. The van der Waals surface area contributed by atoms with Gasteiger partial charge in [-0.2, -0.15) is 5.21 Å². The SMILES string of the molecule is CC1(C(=O)N2CCC(Cc3nn[nH]n3)CC2)CC1. The van der Waals surface area contributed by atoms with Crippen LogP contribution in [0.3, 0.4) is 0 Å². The number of H-pyrrole nitrogens is 1. The largest absolute Gasteiger partial charge is 0.342 e. The molecule has 0 radical (unpaired) electrons. The van der Waals surface area contributed by atoms with Gasteiger partial charge in [-0.15, -0.1) is 10.2 Å². The summed E-state index contributed by atoms with van der Waals surface area (Å²) in [6.07, 6.45) is 5.10. The predicted molar refractivity (Wildman–Crippen MR) is 64.5 cm³/mol. The third-order valence-corrected chi connectivity index (χ3v) is 4.28. The van der Waals surface area contributed by atoms with Crippen LogP contribution in [0.2, 0.25) is 0 Å². The van der Waals surface area contributed by atoms with Gasteiger partial charge in [-0.05, 0) is 31.6 Å². The van der Waals surface area contributed by atoms with Crippen molar-refractivity contribution in [2.75, 3.05) is 13.1 Å². The first-order valence-corrected chi connectivity index (χ1v) is 6.69. The smallest absolute Gasteiger partial charge is 0.228 e. The van der Waals surface area contributed by atoms with Crippen molar-refractivity contribution in [2.24, 2.45) is 11.3 Å². The second-order valence-electron chi connectivity index (χ2n) is 5.83. The van der Waals surface area contributed by atoms with E-state index in [1.807, 2.05) is 4.90 Å². The maximum Gasteiger partial charge on any atom is 0.228 e. The summed E-state index contributed by atoms with van der Waals surface area (Å²) in [4.78, 5) is 14.2. The van der Waals surface area contributed by atoms with Gasteiger partial charge in [0.2, 0.25) is 5.91 Å². The van der Waals surface area contributed by atoms with Crippen LogP contribution in [0, 0.1) is 11.3 Å². The molecule has 1 N–H and O–H groups in total. The first-order chi connectivity index (χ1) is 8.67. The van der Waals surface area contributed by atoms with Crippen LogP contribution >= 0.6 is 0 Å². The van der Waals surface area contributed by atoms with Gasteiger partial charge in [-0.1, -0.05) is 12.1 Å². The highest BCUT2D eigenvalue weighted by molar-refractivity contribution is 5.84. The number of rotatable bonds is 3. The second kappa shape index (κ2) is 4.33. The molecule has 2 heterocycles. The Hall–Kier alpha value is -1.46. The average molecular weight is 249 g/mol. The van der Waals surface area contributed by atoms with E-state index in [-0.39, 0.29) is 5.41 Å². The molecule has 2 fully saturated rings. The Morgan fingerprint density at radius 2 is 2.17 bits per heavy atom. The summed E-state index contributed by atoms with van der Waals surface area (Å²) in [5.74, 6) is 1.73. The number of aromatic nitrogens is 4. The fourth-order valence-corrected chi connectivity index (χ4v) is 2.65. The maximum atomic E-state index is 12.2. The Morgan fingerprint density at radius 1 is 1.44 bits per heavy atom. The zero-order valence-electron chi connectivity index (χ0n) is 10.7. The lowest BCUT2D eigenvalue weighted by molar-refractivity contribution is -0.137. The van der Waals surface area contributed by atoms with Gasteiger partial charge >= 0.3 is 0 Å². The highest BCUT2D eigenvalue weighted by Crippen LogP contribution is 2.46. The summed E-state index contributed by atoms with van der Waals surface area (Å²) in [5, 5.41) is 14.0. The molecular weight excluding hydrogens is 230 g/mol. The lowest BCUT2D eigenvalue weighted by Crippen LogP contribution is -2.42. The molecule has 1 saturated heterocycles. The molecule has 1 aromatic rings. The number of piperidine rings is 1. The zero-order valence-corrected chi connectivity index (χ0v) is 10.7. The van der Waals surface area contributed by atoms with Crippen molar-refractivity contribution in [1.82, 2.24) is 25.5 Å². The number of hydrogen-bond donors (Lipinski definition) is 1. The van der Waals surface area contributed by atoms with E-state index < -0.39 is 0 Å². The van der Waals surface area contributed by atoms with E-state index in [9.17, 15) is 4.79 Å². The van der Waals surface area contributed by atoms with E-state index in [2.05, 4.69) is 27.5 Å². The molecule has 3 rings (SSSR count). The molecule has 1 aliphatic carbocycles. The second-order valence-corrected chi connectivity index (χ2v) is 5.83. The molecule has 6 nitrogen and oxygen atoms in total. The van der Waals surface area contributed by atoms with Crippen LogP contribution in [0.5, 0.6) is 0 Å². The first-order valence-electron chi connectivity index (χ1n) is 6.69. The van der Waals surface area contributed by atoms with Gasteiger partial charge in [-0.25, -0.2) is 0 Å². The van der Waals surface area contributed by atoms with Crippen LogP contribution in [0.15, 0.2) is 0 Å². The van der Waals surface area contributed by atoms with Crippen LogP contribution < -0.4 is 0 Å². The molecule has 2 aliphatic rings. The topological polar surface area (TPSA) is 74.8 Å². The summed E-state index contributed by atoms with van der Waals surface area (Å²) in [6.45, 7) is 3.86. The number of carbonyl (C=O) groups excluding carboxylic acids is 1. The monoisotopic (exact) mass is 249 g/mol. The summed E-state index contributed by atoms with van der Waals surface area (Å²) in [6, 6.07) is 0. The van der Waals surface area contributed by atoms with E-state index in [0.717, 1.165) is 51.0 Å². The standard InChI is InChI=1S/C12H19N5O/c1-12(4-5-12)11(18)17-6-2-9(3-7-17)8-10-13-15-16-14-10/h9H,2-8H2,1H3,(H,13,14,15,16). The molecular formula is C12H19N5O. The van der Waals surface area contributed by atoms with E-state index in [1.54, 1.807) is 0 Å². The van der Waals surface area contributed by atoms with Crippen molar-refractivity contribution in [2.45, 2.75) is 39.0 Å². The summed E-state index contributed by atoms with van der Waals surface area (Å²) < 4.78 is 0. The van der Waals surface area contributed by atoms with Crippen LogP contribution in [0.4, 0.5) is 0 Å². The fourth-order valence-electron chi connectivity index (χ4n) is 2.65. The van der Waals surface area contributed by atoms with Crippen molar-refractivity contribution in [3.63, 3.8) is 0 Å². The minimum atomic E-state index is -0.0273. The minimum absolute atomic E-state index is 0.0273. The van der Waals surface area contributed by atoms with Crippen molar-refractivity contribution < 1.29 is 4.79 Å². The van der Waals surface area contributed by atoms with Gasteiger partial charge in [0.25, 0.3) is 0 Å². The quantitative estimate of drug-likeness (QED) is 0.859. The summed E-state index contributed by atoms with van der Waals surface area (Å²) in [5.41, 5.74) is -0.0273. The van der Waals surface area contributed by atoms with Gasteiger partial charge in [0, 0.05) is 24.9 Å². The molecule has 18 heavy (non-hydrogen) atoms. The van der Waals surface area contributed by atoms with E-state index in [1.165, 1.54) is 0 Å². The summed E-state index contributed by atoms with van der Waals surface area (Å²) in [7, 11) is 0. The molecule has 0 bridgehead atoms. The third-order valence-electron chi connectivity index (χ3n) is 4.28. The number of aromatic amines is 1. The van der Waals surface area contributed by atoms with Crippen LogP contribution in [-0.4, -0.2) is 44.5 Å². The molecule has 0 spiro atoms. The van der Waals surface area contributed by atoms with Gasteiger partial charge in [0.1, 0.15) is 0 Å². The van der Waals surface area contributed by atoms with Gasteiger partial charge in [-0.3, -0.25) is 4.79 Å². The van der Waals surface area contributed by atoms with E-state index in [4.69, 9.17) is 0 Å². The zero-order chi connectivity index (χ0) is 12.6. The first kappa shape index (κ1) is 11.6. The number of likely N-dealkylation sites (tertiary alicyclic amines) is 1. The lowest BCUT2D eigenvalue weighted by Gasteiger charge is -2.33. The van der Waals surface area contributed by atoms with Crippen LogP contribution in [0.25, 0.3) is 0 Å². The molecule has 6 heteroatoms. The number of nitrogens with one attached hydrogen (secondary N) is 1. The molecule has 1 saturated carbocycles. The molecule has 1 aliphatic heterocycles.